The highest BCUT2D eigenvalue weighted by molar-refractivity contribution is 6.29. The third kappa shape index (κ3) is 3.79. The zero-order chi connectivity index (χ0) is 12.0. The maximum atomic E-state index is 11.7. The Morgan fingerprint density at radius 3 is 2.94 bits per heavy atom. The van der Waals surface area contributed by atoms with Gasteiger partial charge in [0.05, 0.1) is 0 Å². The second-order valence-corrected chi connectivity index (χ2v) is 3.81. The topological polar surface area (TPSA) is 68.0 Å². The maximum Gasteiger partial charge on any atom is 0.251 e. The summed E-state index contributed by atoms with van der Waals surface area (Å²) in [4.78, 5) is 15.8. The number of carbonyl (C=O) groups is 1. The Kier molecular flexibility index (Phi) is 5.22. The van der Waals surface area contributed by atoms with Gasteiger partial charge in [0.2, 0.25) is 0 Å². The van der Waals surface area contributed by atoms with Crippen LogP contribution >= 0.6 is 11.6 Å². The molecule has 1 heterocycles. The molecule has 1 aromatic heterocycles. The second kappa shape index (κ2) is 6.45. The Morgan fingerprint density at radius 2 is 2.31 bits per heavy atom. The largest absolute Gasteiger partial charge is 0.352 e. The second-order valence-electron chi connectivity index (χ2n) is 3.42. The predicted molar refractivity (Wildman–Crippen MR) is 64.6 cm³/mol. The van der Waals surface area contributed by atoms with Gasteiger partial charge in [-0.15, -0.1) is 0 Å². The molecule has 0 unspecified atom stereocenters. The van der Waals surface area contributed by atoms with Crippen LogP contribution in [0.15, 0.2) is 12.1 Å². The van der Waals surface area contributed by atoms with Gasteiger partial charge in [-0.2, -0.15) is 0 Å². The molecule has 0 spiro atoms. The van der Waals surface area contributed by atoms with Gasteiger partial charge >= 0.3 is 0 Å². The van der Waals surface area contributed by atoms with E-state index in [0.29, 0.717) is 23.8 Å². The van der Waals surface area contributed by atoms with Crippen molar-refractivity contribution in [3.63, 3.8) is 0 Å². The fraction of sp³-hybridized carbons (Fsp3) is 0.455. The molecule has 0 aliphatic carbocycles. The van der Waals surface area contributed by atoms with Gasteiger partial charge in [-0.1, -0.05) is 18.5 Å². The van der Waals surface area contributed by atoms with E-state index in [1.807, 2.05) is 6.92 Å². The van der Waals surface area contributed by atoms with E-state index >= 15 is 0 Å². The number of rotatable bonds is 5. The Hall–Kier alpha value is -1.13. The Labute approximate surface area is 100 Å². The fourth-order valence-electron chi connectivity index (χ4n) is 1.27. The maximum absolute atomic E-state index is 11.7. The molecule has 4 nitrogen and oxygen atoms in total. The minimum Gasteiger partial charge on any atom is -0.352 e. The number of carbonyl (C=O) groups excluding carboxylic acids is 1. The first kappa shape index (κ1) is 12.9. The van der Waals surface area contributed by atoms with Gasteiger partial charge in [0.1, 0.15) is 5.15 Å². The normalized spacial score (nSPS) is 10.2. The molecule has 1 aromatic rings. The molecular formula is C11H16ClN3O. The number of amides is 1. The van der Waals surface area contributed by atoms with Crippen LogP contribution < -0.4 is 11.1 Å². The monoisotopic (exact) mass is 241 g/mol. The Bertz CT molecular complexity index is 368. The van der Waals surface area contributed by atoms with Crippen LogP contribution in [0.2, 0.25) is 5.15 Å². The van der Waals surface area contributed by atoms with Crippen molar-refractivity contribution in [2.75, 3.05) is 13.1 Å². The number of aryl methyl sites for hydroxylation is 1. The first-order valence-electron chi connectivity index (χ1n) is 5.32. The van der Waals surface area contributed by atoms with Gasteiger partial charge in [0.15, 0.2) is 0 Å². The van der Waals surface area contributed by atoms with E-state index in [2.05, 4.69) is 10.3 Å². The summed E-state index contributed by atoms with van der Waals surface area (Å²) in [6.45, 7) is 3.11. The summed E-state index contributed by atoms with van der Waals surface area (Å²) >= 11 is 5.82. The molecule has 0 fully saturated rings. The van der Waals surface area contributed by atoms with Crippen molar-refractivity contribution in [3.05, 3.63) is 28.5 Å². The zero-order valence-corrected chi connectivity index (χ0v) is 10.0. The average molecular weight is 242 g/mol. The Balaban J connectivity index is 2.71. The molecule has 88 valence electrons. The summed E-state index contributed by atoms with van der Waals surface area (Å²) in [7, 11) is 0. The van der Waals surface area contributed by atoms with Crippen molar-refractivity contribution < 1.29 is 4.79 Å². The molecule has 3 N–H and O–H groups in total. The lowest BCUT2D eigenvalue weighted by Gasteiger charge is -2.06. The summed E-state index contributed by atoms with van der Waals surface area (Å²) in [6, 6.07) is 3.32. The number of nitrogens with two attached hydrogens (primary N) is 1. The van der Waals surface area contributed by atoms with Gasteiger partial charge in [-0.25, -0.2) is 4.98 Å². The van der Waals surface area contributed by atoms with Crippen LogP contribution in [0.5, 0.6) is 0 Å². The van der Waals surface area contributed by atoms with Crippen molar-refractivity contribution in [1.82, 2.24) is 10.3 Å². The summed E-state index contributed by atoms with van der Waals surface area (Å²) in [6.07, 6.45) is 1.52. The van der Waals surface area contributed by atoms with E-state index in [0.717, 1.165) is 18.5 Å². The highest BCUT2D eigenvalue weighted by atomic mass is 35.5. The number of nitrogens with zero attached hydrogens (tertiary/aromatic N) is 1. The minimum atomic E-state index is -0.132. The molecule has 0 saturated carbocycles. The number of pyridine rings is 1. The molecule has 0 aliphatic rings. The number of aromatic nitrogens is 1. The zero-order valence-electron chi connectivity index (χ0n) is 9.29. The van der Waals surface area contributed by atoms with E-state index in [4.69, 9.17) is 17.3 Å². The van der Waals surface area contributed by atoms with Gasteiger partial charge < -0.3 is 11.1 Å². The average Bonchev–Trinajstić information content (AvgIpc) is 2.28. The molecule has 0 saturated heterocycles. The van der Waals surface area contributed by atoms with Crippen molar-refractivity contribution in [1.29, 1.82) is 0 Å². The lowest BCUT2D eigenvalue weighted by Crippen LogP contribution is -2.26. The third-order valence-electron chi connectivity index (χ3n) is 2.14. The van der Waals surface area contributed by atoms with Crippen molar-refractivity contribution >= 4 is 17.5 Å². The van der Waals surface area contributed by atoms with Crippen LogP contribution in [-0.2, 0) is 6.42 Å². The van der Waals surface area contributed by atoms with Crippen molar-refractivity contribution in [2.24, 2.45) is 5.73 Å². The summed E-state index contributed by atoms with van der Waals surface area (Å²) in [5, 5.41) is 3.12. The standard InChI is InChI=1S/C11H16ClN3O/c1-2-9-6-8(7-10(12)15-9)11(16)14-5-3-4-13/h6-7H,2-5,13H2,1H3,(H,14,16). The van der Waals surface area contributed by atoms with Crippen LogP contribution in [0.25, 0.3) is 0 Å². The summed E-state index contributed by atoms with van der Waals surface area (Å²) in [5.41, 5.74) is 6.71. The number of hydrogen-bond donors (Lipinski definition) is 2. The lowest BCUT2D eigenvalue weighted by molar-refractivity contribution is 0.0953. The van der Waals surface area contributed by atoms with E-state index in [1.54, 1.807) is 12.1 Å². The van der Waals surface area contributed by atoms with Crippen LogP contribution in [0.4, 0.5) is 0 Å². The van der Waals surface area contributed by atoms with E-state index < -0.39 is 0 Å². The van der Waals surface area contributed by atoms with Crippen LogP contribution in [0.3, 0.4) is 0 Å². The molecule has 1 amide bonds. The SMILES string of the molecule is CCc1cc(C(=O)NCCCN)cc(Cl)n1. The summed E-state index contributed by atoms with van der Waals surface area (Å²) in [5.74, 6) is -0.132. The van der Waals surface area contributed by atoms with Gasteiger partial charge in [-0.05, 0) is 31.5 Å². The molecule has 0 atom stereocenters. The highest BCUT2D eigenvalue weighted by Gasteiger charge is 2.07. The Morgan fingerprint density at radius 1 is 1.56 bits per heavy atom. The molecule has 0 aromatic carbocycles. The van der Waals surface area contributed by atoms with Gasteiger partial charge in [0, 0.05) is 17.8 Å². The summed E-state index contributed by atoms with van der Waals surface area (Å²) < 4.78 is 0. The molecule has 1 rings (SSSR count). The first-order chi connectivity index (χ1) is 7.67. The number of nitrogens with one attached hydrogen (secondary N) is 1. The van der Waals surface area contributed by atoms with Crippen molar-refractivity contribution in [3.8, 4) is 0 Å². The number of hydrogen-bond acceptors (Lipinski definition) is 3. The minimum absolute atomic E-state index is 0.132. The van der Waals surface area contributed by atoms with Crippen LogP contribution in [-0.4, -0.2) is 24.0 Å². The third-order valence-corrected chi connectivity index (χ3v) is 2.33. The lowest BCUT2D eigenvalue weighted by atomic mass is 10.2. The van der Waals surface area contributed by atoms with Gasteiger partial charge in [-0.3, -0.25) is 4.79 Å². The van der Waals surface area contributed by atoms with E-state index in [-0.39, 0.29) is 5.91 Å². The molecule has 16 heavy (non-hydrogen) atoms. The number of halogens is 1. The van der Waals surface area contributed by atoms with Crippen LogP contribution in [0, 0.1) is 0 Å². The molecular weight excluding hydrogens is 226 g/mol. The quantitative estimate of drug-likeness (QED) is 0.605. The van der Waals surface area contributed by atoms with Crippen LogP contribution in [0.1, 0.15) is 29.4 Å². The van der Waals surface area contributed by atoms with Crippen molar-refractivity contribution in [2.45, 2.75) is 19.8 Å². The van der Waals surface area contributed by atoms with E-state index in [1.165, 1.54) is 0 Å². The smallest absolute Gasteiger partial charge is 0.251 e. The predicted octanol–water partition coefficient (Wildman–Crippen LogP) is 1.38. The van der Waals surface area contributed by atoms with Gasteiger partial charge in [0.25, 0.3) is 5.91 Å². The molecule has 0 radical (unpaired) electrons. The molecule has 5 heteroatoms. The fourth-order valence-corrected chi connectivity index (χ4v) is 1.50. The first-order valence-corrected chi connectivity index (χ1v) is 5.70. The molecule has 0 aliphatic heterocycles. The highest BCUT2D eigenvalue weighted by Crippen LogP contribution is 2.11. The molecule has 0 bridgehead atoms. The van der Waals surface area contributed by atoms with E-state index in [9.17, 15) is 4.79 Å².